The zero-order valence-electron chi connectivity index (χ0n) is 16.1. The van der Waals surface area contributed by atoms with Gasteiger partial charge in [-0.3, -0.25) is 9.59 Å². The Balaban J connectivity index is 2.22. The van der Waals surface area contributed by atoms with Crippen LogP contribution in [0.3, 0.4) is 0 Å². The number of anilines is 1. The lowest BCUT2D eigenvalue weighted by atomic mass is 10.1. The molecule has 2 aromatic carbocycles. The first-order valence-corrected chi connectivity index (χ1v) is 10.8. The highest BCUT2D eigenvalue weighted by molar-refractivity contribution is 7.90. The number of rotatable bonds is 8. The Morgan fingerprint density at radius 1 is 1.17 bits per heavy atom. The van der Waals surface area contributed by atoms with E-state index in [0.717, 1.165) is 6.26 Å². The number of hydrogen-bond donors (Lipinski definition) is 2. The molecule has 2 rings (SSSR count). The smallest absolute Gasteiger partial charge is 0.255 e. The van der Waals surface area contributed by atoms with Gasteiger partial charge in [-0.25, -0.2) is 8.42 Å². The predicted octanol–water partition coefficient (Wildman–Crippen LogP) is 1.85. The van der Waals surface area contributed by atoms with Gasteiger partial charge in [-0.05, 0) is 36.8 Å². The molecule has 8 heteroatoms. The largest absolute Gasteiger partial charge is 0.496 e. The van der Waals surface area contributed by atoms with Crippen LogP contribution in [0, 0.1) is 12.3 Å². The lowest BCUT2D eigenvalue weighted by Crippen LogP contribution is -2.44. The third kappa shape index (κ3) is 6.66. The first-order valence-electron chi connectivity index (χ1n) is 8.72. The van der Waals surface area contributed by atoms with Gasteiger partial charge >= 0.3 is 0 Å². The van der Waals surface area contributed by atoms with E-state index in [4.69, 9.17) is 11.2 Å². The molecule has 0 aromatic heterocycles. The molecule has 0 saturated carbocycles. The number of methoxy groups -OCH3 is 1. The van der Waals surface area contributed by atoms with Crippen molar-refractivity contribution < 1.29 is 22.7 Å². The number of ether oxygens (including phenoxy) is 1. The van der Waals surface area contributed by atoms with Crippen LogP contribution in [-0.2, 0) is 14.6 Å². The van der Waals surface area contributed by atoms with Crippen LogP contribution in [0.25, 0.3) is 0 Å². The summed E-state index contributed by atoms with van der Waals surface area (Å²) in [6.07, 6.45) is 6.35. The van der Waals surface area contributed by atoms with Crippen LogP contribution < -0.4 is 15.4 Å². The Bertz CT molecular complexity index is 1040. The molecule has 29 heavy (non-hydrogen) atoms. The first-order chi connectivity index (χ1) is 13.7. The summed E-state index contributed by atoms with van der Waals surface area (Å²) < 4.78 is 28.3. The highest BCUT2D eigenvalue weighted by atomic mass is 32.2. The van der Waals surface area contributed by atoms with E-state index >= 15 is 0 Å². The molecule has 0 unspecified atom stereocenters. The number of nitrogens with one attached hydrogen (secondary N) is 2. The fourth-order valence-corrected chi connectivity index (χ4v) is 3.25. The van der Waals surface area contributed by atoms with Gasteiger partial charge in [0.15, 0.2) is 0 Å². The fraction of sp³-hybridized carbons (Fsp3) is 0.238. The monoisotopic (exact) mass is 414 g/mol. The standard InChI is InChI=1S/C21H22N2O5S/c1-4-15-8-7-9-16(14-15)22-21(25)18(12-13-29(3,26)27)23-20(24)17-10-5-6-11-19(17)28-2/h1,5-11,14,18H,12-13H2,2-3H3,(H,22,25)(H,23,24)/t18-/m0/s1. The molecule has 0 fully saturated rings. The van der Waals surface area contributed by atoms with E-state index in [1.807, 2.05) is 0 Å². The molecular formula is C21H22N2O5S. The van der Waals surface area contributed by atoms with Crippen LogP contribution in [-0.4, -0.2) is 45.4 Å². The van der Waals surface area contributed by atoms with E-state index in [2.05, 4.69) is 16.6 Å². The molecule has 0 saturated heterocycles. The van der Waals surface area contributed by atoms with E-state index < -0.39 is 27.7 Å². The van der Waals surface area contributed by atoms with Crippen molar-refractivity contribution in [1.82, 2.24) is 5.32 Å². The summed E-state index contributed by atoms with van der Waals surface area (Å²) in [5.74, 6) is 1.45. The van der Waals surface area contributed by atoms with Gasteiger partial charge in [0.1, 0.15) is 21.6 Å². The quantitative estimate of drug-likeness (QED) is 0.642. The Morgan fingerprint density at radius 2 is 1.90 bits per heavy atom. The lowest BCUT2D eigenvalue weighted by Gasteiger charge is -2.19. The molecule has 0 spiro atoms. The highest BCUT2D eigenvalue weighted by Crippen LogP contribution is 2.18. The lowest BCUT2D eigenvalue weighted by molar-refractivity contribution is -0.118. The summed E-state index contributed by atoms with van der Waals surface area (Å²) in [4.78, 5) is 25.4. The number of para-hydroxylation sites is 1. The van der Waals surface area contributed by atoms with Gasteiger partial charge in [0.2, 0.25) is 5.91 Å². The van der Waals surface area contributed by atoms with Crippen molar-refractivity contribution in [2.75, 3.05) is 24.4 Å². The molecule has 0 heterocycles. The second kappa shape index (κ2) is 9.75. The van der Waals surface area contributed by atoms with Gasteiger partial charge < -0.3 is 15.4 Å². The predicted molar refractivity (Wildman–Crippen MR) is 112 cm³/mol. The van der Waals surface area contributed by atoms with E-state index in [1.54, 1.807) is 48.5 Å². The molecule has 2 N–H and O–H groups in total. The SMILES string of the molecule is C#Cc1cccc(NC(=O)[C@H](CCS(C)(=O)=O)NC(=O)c2ccccc2OC)c1. The molecule has 0 aliphatic heterocycles. The number of benzene rings is 2. The third-order valence-electron chi connectivity index (χ3n) is 4.05. The van der Waals surface area contributed by atoms with Gasteiger partial charge in [0.25, 0.3) is 5.91 Å². The van der Waals surface area contributed by atoms with E-state index in [9.17, 15) is 18.0 Å². The number of carbonyl (C=O) groups is 2. The first kappa shape index (κ1) is 22.0. The van der Waals surface area contributed by atoms with Crippen LogP contribution in [0.5, 0.6) is 5.75 Å². The minimum absolute atomic E-state index is 0.0830. The highest BCUT2D eigenvalue weighted by Gasteiger charge is 2.24. The second-order valence-electron chi connectivity index (χ2n) is 6.36. The van der Waals surface area contributed by atoms with Crippen LogP contribution in [0.2, 0.25) is 0 Å². The molecule has 0 radical (unpaired) electrons. The summed E-state index contributed by atoms with van der Waals surface area (Å²) in [7, 11) is -1.90. The van der Waals surface area contributed by atoms with Crippen molar-refractivity contribution in [3.63, 3.8) is 0 Å². The van der Waals surface area contributed by atoms with Crippen molar-refractivity contribution >= 4 is 27.3 Å². The fourth-order valence-electron chi connectivity index (χ4n) is 2.59. The van der Waals surface area contributed by atoms with Crippen molar-refractivity contribution in [2.45, 2.75) is 12.5 Å². The molecule has 7 nitrogen and oxygen atoms in total. The van der Waals surface area contributed by atoms with Crippen molar-refractivity contribution in [1.29, 1.82) is 0 Å². The number of amides is 2. The van der Waals surface area contributed by atoms with E-state index in [-0.39, 0.29) is 17.7 Å². The van der Waals surface area contributed by atoms with Crippen LogP contribution in [0.1, 0.15) is 22.3 Å². The van der Waals surface area contributed by atoms with Gasteiger partial charge in [0, 0.05) is 17.5 Å². The van der Waals surface area contributed by atoms with Crippen molar-refractivity contribution in [2.24, 2.45) is 0 Å². The summed E-state index contributed by atoms with van der Waals surface area (Å²) >= 11 is 0. The van der Waals surface area contributed by atoms with Crippen LogP contribution >= 0.6 is 0 Å². The Labute approximate surface area is 170 Å². The maximum absolute atomic E-state index is 12.7. The molecule has 0 bridgehead atoms. The number of sulfone groups is 1. The molecular weight excluding hydrogens is 392 g/mol. The normalized spacial score (nSPS) is 11.8. The van der Waals surface area contributed by atoms with Gasteiger partial charge in [-0.15, -0.1) is 6.42 Å². The van der Waals surface area contributed by atoms with Gasteiger partial charge in [-0.2, -0.15) is 0 Å². The number of carbonyl (C=O) groups excluding carboxylic acids is 2. The summed E-state index contributed by atoms with van der Waals surface area (Å²) in [6, 6.07) is 12.1. The van der Waals surface area contributed by atoms with Crippen LogP contribution in [0.4, 0.5) is 5.69 Å². The molecule has 152 valence electrons. The zero-order valence-corrected chi connectivity index (χ0v) is 17.0. The van der Waals surface area contributed by atoms with Gasteiger partial charge in [0.05, 0.1) is 18.4 Å². The molecule has 2 aromatic rings. The van der Waals surface area contributed by atoms with E-state index in [1.165, 1.54) is 7.11 Å². The molecule has 1 atom stereocenters. The Kier molecular flexibility index (Phi) is 7.39. The maximum Gasteiger partial charge on any atom is 0.255 e. The summed E-state index contributed by atoms with van der Waals surface area (Å²) in [6.45, 7) is 0. The summed E-state index contributed by atoms with van der Waals surface area (Å²) in [5.41, 5.74) is 1.26. The number of hydrogen-bond acceptors (Lipinski definition) is 5. The maximum atomic E-state index is 12.7. The van der Waals surface area contributed by atoms with Gasteiger partial charge in [-0.1, -0.05) is 24.1 Å². The second-order valence-corrected chi connectivity index (χ2v) is 8.62. The van der Waals surface area contributed by atoms with Crippen molar-refractivity contribution in [3.8, 4) is 18.1 Å². The summed E-state index contributed by atoms with van der Waals surface area (Å²) in [5, 5.41) is 5.26. The Hall–Kier alpha value is -3.31. The molecule has 0 aliphatic rings. The van der Waals surface area contributed by atoms with Crippen LogP contribution in [0.15, 0.2) is 48.5 Å². The zero-order chi connectivity index (χ0) is 21.4. The molecule has 0 aliphatic carbocycles. The Morgan fingerprint density at radius 3 is 2.55 bits per heavy atom. The minimum atomic E-state index is -3.33. The average Bonchev–Trinajstić information content (AvgIpc) is 2.70. The third-order valence-corrected chi connectivity index (χ3v) is 5.02. The minimum Gasteiger partial charge on any atom is -0.496 e. The number of terminal acetylenes is 1. The average molecular weight is 414 g/mol. The van der Waals surface area contributed by atoms with E-state index in [0.29, 0.717) is 17.0 Å². The molecule has 2 amide bonds. The topological polar surface area (TPSA) is 102 Å². The van der Waals surface area contributed by atoms with Crippen molar-refractivity contribution in [3.05, 3.63) is 59.7 Å².